The molecule has 5 rings (SSSR count). The molecule has 0 saturated heterocycles. The Morgan fingerprint density at radius 1 is 0.393 bits per heavy atom. The predicted octanol–water partition coefficient (Wildman–Crippen LogP) is 3.21. The Labute approximate surface area is 526 Å². The molecule has 22 nitrogen and oxygen atoms in total. The number of nitrogens with one attached hydrogen (secondary N) is 4. The van der Waals surface area contributed by atoms with Crippen molar-refractivity contribution in [2.24, 2.45) is 22.9 Å². The van der Waals surface area contributed by atoms with E-state index in [0.717, 1.165) is 18.5 Å². The molecule has 5 aromatic rings. The maximum absolute atomic E-state index is 14.8. The van der Waals surface area contributed by atoms with Crippen LogP contribution in [0.1, 0.15) is 92.5 Å². The Balaban J connectivity index is 1.45. The summed E-state index contributed by atoms with van der Waals surface area (Å²) in [4.78, 5) is 70.8. The van der Waals surface area contributed by atoms with Crippen molar-refractivity contribution in [3.63, 3.8) is 0 Å². The highest BCUT2D eigenvalue weighted by atomic mass is 32.2. The van der Waals surface area contributed by atoms with E-state index in [2.05, 4.69) is 21.3 Å². The van der Waals surface area contributed by atoms with Crippen LogP contribution in [0.25, 0.3) is 0 Å². The quantitative estimate of drug-likeness (QED) is 0.0260. The lowest BCUT2D eigenvalue weighted by Gasteiger charge is -2.30. The lowest BCUT2D eigenvalue weighted by atomic mass is 10.0. The highest BCUT2D eigenvalue weighted by Crippen LogP contribution is 2.19. The fraction of sp³-hybridized carbons (Fsp3) is 0.453. The van der Waals surface area contributed by atoms with Crippen molar-refractivity contribution >= 4 is 59.5 Å². The summed E-state index contributed by atoms with van der Waals surface area (Å²) in [7, 11) is -12.7. The summed E-state index contributed by atoms with van der Waals surface area (Å²) in [5, 5.41) is 11.4. The Bertz CT molecular complexity index is 3290. The number of sulfonamides is 3. The highest BCUT2D eigenvalue weighted by Gasteiger charge is 2.35. The van der Waals surface area contributed by atoms with Gasteiger partial charge in [-0.3, -0.25) is 24.0 Å². The zero-order valence-corrected chi connectivity index (χ0v) is 53.4. The maximum atomic E-state index is 14.8. The number of rotatable bonds is 43. The van der Waals surface area contributed by atoms with Gasteiger partial charge in [0.1, 0.15) is 17.9 Å². The van der Waals surface area contributed by atoms with Gasteiger partial charge in [-0.25, -0.2) is 25.3 Å². The van der Waals surface area contributed by atoms with Crippen molar-refractivity contribution in [3.05, 3.63) is 179 Å². The summed E-state index contributed by atoms with van der Waals surface area (Å²) in [5.41, 5.74) is 27.1. The number of amides is 4. The number of nitrogens with zero attached hydrogens (tertiary/aromatic N) is 3. The third kappa shape index (κ3) is 27.1. The Morgan fingerprint density at radius 2 is 0.708 bits per heavy atom. The van der Waals surface area contributed by atoms with Crippen molar-refractivity contribution in [2.45, 2.75) is 125 Å². The monoisotopic (exact) mass is 1290 g/mol. The van der Waals surface area contributed by atoms with E-state index in [9.17, 15) is 49.2 Å². The molecule has 0 aliphatic carbocycles. The van der Waals surface area contributed by atoms with Gasteiger partial charge in [0, 0.05) is 37.8 Å². The van der Waals surface area contributed by atoms with Gasteiger partial charge in [-0.15, -0.1) is 0 Å². The molecule has 5 atom stereocenters. The summed E-state index contributed by atoms with van der Waals surface area (Å²) >= 11 is 0. The lowest BCUT2D eigenvalue weighted by Crippen LogP contribution is -2.57. The van der Waals surface area contributed by atoms with Gasteiger partial charge in [0.15, 0.2) is 0 Å². The van der Waals surface area contributed by atoms with Gasteiger partial charge in [0.05, 0.1) is 36.9 Å². The maximum Gasteiger partial charge on any atom is 0.242 e. The summed E-state index contributed by atoms with van der Waals surface area (Å²) in [5.74, 6) is -4.86. The van der Waals surface area contributed by atoms with Crippen molar-refractivity contribution in [2.75, 3.05) is 58.9 Å². The van der Waals surface area contributed by atoms with E-state index < -0.39 is 133 Å². The van der Waals surface area contributed by atoms with Crippen LogP contribution in [0.4, 0.5) is 0 Å². The molecule has 0 unspecified atom stereocenters. The summed E-state index contributed by atoms with van der Waals surface area (Å²) in [6.45, 7) is -0.805. The molecule has 0 heterocycles. The third-order valence-electron chi connectivity index (χ3n) is 14.6. The van der Waals surface area contributed by atoms with Crippen molar-refractivity contribution < 1.29 is 49.2 Å². The van der Waals surface area contributed by atoms with Gasteiger partial charge in [0.2, 0.25) is 53.7 Å². The predicted molar refractivity (Wildman–Crippen MR) is 347 cm³/mol. The van der Waals surface area contributed by atoms with E-state index in [1.807, 2.05) is 30.3 Å². The van der Waals surface area contributed by atoms with Crippen LogP contribution < -0.4 is 44.2 Å². The Morgan fingerprint density at radius 3 is 1.08 bits per heavy atom. The Hall–Kier alpha value is -6.78. The minimum atomic E-state index is -4.45. The largest absolute Gasteiger partial charge is 0.350 e. The van der Waals surface area contributed by atoms with Gasteiger partial charge in [0.25, 0.3) is 0 Å². The first-order valence-corrected chi connectivity index (χ1v) is 35.1. The second kappa shape index (κ2) is 38.0. The van der Waals surface area contributed by atoms with Crippen molar-refractivity contribution in [3.8, 4) is 0 Å². The van der Waals surface area contributed by atoms with E-state index >= 15 is 0 Å². The molecule has 486 valence electrons. The topological polar surface area (TPSA) is 350 Å². The second-order valence-electron chi connectivity index (χ2n) is 22.4. The number of benzene rings is 5. The number of nitrogens with two attached hydrogens (primary N) is 4. The number of Topliss-reactive ketones (excluding diaryl/α,β-unsaturated/α-hetero) is 1. The van der Waals surface area contributed by atoms with Gasteiger partial charge < -0.3 is 44.2 Å². The molecule has 0 aliphatic heterocycles. The zero-order chi connectivity index (χ0) is 64.7. The van der Waals surface area contributed by atoms with Crippen molar-refractivity contribution in [1.29, 1.82) is 0 Å². The van der Waals surface area contributed by atoms with Crippen LogP contribution in [-0.4, -0.2) is 157 Å². The molecule has 0 fully saturated rings. The molecular weight excluding hydrogens is 1190 g/mol. The average molecular weight is 1290 g/mol. The molecule has 0 saturated carbocycles. The standard InChI is InChI=1S/C64H91N11O11S3/c1-50(76)41-73(87(81,82)47-53-27-11-4-12-28-53)43-57(33-17-20-36-65)69-63(79)59(34-18-21-37-66)71-62(78)46-75(89(85,86)49-55-31-15-6-16-32-55)44-58(40-52-25-9-3-10-26-52)70-64(80)60(35-19-22-38-67)72-61(77)45-74(42-56(68)39-51-23-7-2-8-24-51)88(83,84)48-54-29-13-5-14-30-54/h2-16,23-32,56-60H,17-22,33-49,65-68H2,1H3,(H,69,79)(H,70,80)(H,71,78)(H,72,77)/t56-,57-,58-,59-,60-/m0/s1. The first-order valence-electron chi connectivity index (χ1n) is 30.3. The fourth-order valence-corrected chi connectivity index (χ4v) is 14.8. The molecule has 5 aromatic carbocycles. The van der Waals surface area contributed by atoms with Crippen LogP contribution in [0.15, 0.2) is 152 Å². The SMILES string of the molecule is CC(=O)CN(C[C@H](CCCCN)NC(=O)[C@H](CCCCN)NC(=O)CN(C[C@H](Cc1ccccc1)NC(=O)[C@H](CCCCN)NC(=O)CN(C[C@@H](N)Cc1ccccc1)S(=O)(=O)Cc1ccccc1)S(=O)(=O)Cc1ccccc1)S(=O)(=O)Cc1ccccc1. The third-order valence-corrected chi connectivity index (χ3v) is 19.9. The zero-order valence-electron chi connectivity index (χ0n) is 51.0. The summed E-state index contributed by atoms with van der Waals surface area (Å²) in [6, 6.07) is 38.3. The number of carbonyl (C=O) groups is 5. The van der Waals surface area contributed by atoms with E-state index in [1.54, 1.807) is 121 Å². The minimum absolute atomic E-state index is 0.0389. The molecular formula is C64H91N11O11S3. The van der Waals surface area contributed by atoms with Crippen LogP contribution in [0.2, 0.25) is 0 Å². The molecule has 25 heteroatoms. The summed E-state index contributed by atoms with van der Waals surface area (Å²) < 4.78 is 89.0. The molecule has 0 aromatic heterocycles. The minimum Gasteiger partial charge on any atom is -0.350 e. The van der Waals surface area contributed by atoms with Crippen molar-refractivity contribution in [1.82, 2.24) is 34.2 Å². The van der Waals surface area contributed by atoms with Crippen LogP contribution in [0.3, 0.4) is 0 Å². The summed E-state index contributed by atoms with van der Waals surface area (Å²) in [6.07, 6.45) is 3.42. The van der Waals surface area contributed by atoms with Crippen LogP contribution in [0.5, 0.6) is 0 Å². The number of unbranched alkanes of at least 4 members (excludes halogenated alkanes) is 3. The molecule has 4 amide bonds. The average Bonchev–Trinajstić information content (AvgIpc) is 3.59. The lowest BCUT2D eigenvalue weighted by molar-refractivity contribution is -0.130. The van der Waals surface area contributed by atoms with Gasteiger partial charge in [-0.1, -0.05) is 158 Å². The van der Waals surface area contributed by atoms with E-state index in [4.69, 9.17) is 22.9 Å². The molecule has 12 N–H and O–H groups in total. The van der Waals surface area contributed by atoms with Crippen LogP contribution >= 0.6 is 0 Å². The van der Waals surface area contributed by atoms with Gasteiger partial charge in [-0.2, -0.15) is 12.9 Å². The molecule has 0 radical (unpaired) electrons. The Kier molecular flexibility index (Phi) is 31.2. The number of hydrogen-bond donors (Lipinski definition) is 8. The van der Waals surface area contributed by atoms with E-state index in [-0.39, 0.29) is 51.9 Å². The second-order valence-corrected chi connectivity index (χ2v) is 28.4. The van der Waals surface area contributed by atoms with Crippen LogP contribution in [-0.2, 0) is 84.1 Å². The number of hydrogen-bond acceptors (Lipinski definition) is 15. The number of carbonyl (C=O) groups excluding carboxylic acids is 5. The molecule has 0 spiro atoms. The highest BCUT2D eigenvalue weighted by molar-refractivity contribution is 7.88. The smallest absolute Gasteiger partial charge is 0.242 e. The van der Waals surface area contributed by atoms with Gasteiger partial charge >= 0.3 is 0 Å². The number of ketones is 1. The van der Waals surface area contributed by atoms with Gasteiger partial charge in [-0.05, 0) is 119 Å². The molecule has 0 bridgehead atoms. The van der Waals surface area contributed by atoms with E-state index in [1.165, 1.54) is 6.92 Å². The molecule has 0 aliphatic rings. The molecule has 89 heavy (non-hydrogen) atoms. The van der Waals surface area contributed by atoms with E-state index in [0.29, 0.717) is 73.7 Å². The first kappa shape index (κ1) is 73.0. The first-order chi connectivity index (χ1) is 42.6. The van der Waals surface area contributed by atoms with Crippen LogP contribution in [0, 0.1) is 0 Å². The normalized spacial score (nSPS) is 13.7. The fourth-order valence-electron chi connectivity index (χ4n) is 10.2.